The Morgan fingerprint density at radius 1 is 1.08 bits per heavy atom. The molecule has 7 nitrogen and oxygen atoms in total. The normalized spacial score (nSPS) is 11.6. The smallest absolute Gasteiger partial charge is 0.354 e. The van der Waals surface area contributed by atoms with Gasteiger partial charge in [-0.15, -0.1) is 0 Å². The molecular formula is C28H31FN2O5S. The van der Waals surface area contributed by atoms with Crippen LogP contribution in [0.4, 0.5) is 4.39 Å². The van der Waals surface area contributed by atoms with E-state index in [9.17, 15) is 18.2 Å². The van der Waals surface area contributed by atoms with Crippen LogP contribution in [0.5, 0.6) is 11.5 Å². The number of H-pyrrole nitrogens is 1. The number of nitrogens with one attached hydrogen (secondary N) is 1. The van der Waals surface area contributed by atoms with Crippen LogP contribution in [0, 0.1) is 19.7 Å². The minimum Gasteiger partial charge on any atom is -0.461 e. The molecule has 0 fully saturated rings. The minimum atomic E-state index is -1.28. The molecular weight excluding hydrogens is 495 g/mol. The van der Waals surface area contributed by atoms with Crippen LogP contribution < -0.4 is 10.3 Å². The fraction of sp³-hybridized carbons (Fsp3) is 0.286. The van der Waals surface area contributed by atoms with Crippen molar-refractivity contribution in [3.05, 3.63) is 75.6 Å². The van der Waals surface area contributed by atoms with Gasteiger partial charge < -0.3 is 19.0 Å². The molecule has 2 aromatic heterocycles. The molecule has 0 saturated heterocycles. The summed E-state index contributed by atoms with van der Waals surface area (Å²) in [4.78, 5) is 28.6. The second kappa shape index (κ2) is 11.6. The number of aromatic nitrogens is 2. The molecule has 0 spiro atoms. The minimum absolute atomic E-state index is 0.148. The number of rotatable bonds is 6. The molecule has 1 atom stereocenters. The number of hydrogen-bond donors (Lipinski definition) is 1. The van der Waals surface area contributed by atoms with Crippen molar-refractivity contribution in [2.45, 2.75) is 39.5 Å². The number of ether oxygens (including phenoxy) is 2. The summed E-state index contributed by atoms with van der Waals surface area (Å²) in [5, 5.41) is 0.493. The monoisotopic (exact) mass is 526 g/mol. The van der Waals surface area contributed by atoms with E-state index in [0.29, 0.717) is 44.0 Å². The van der Waals surface area contributed by atoms with E-state index in [4.69, 9.17) is 9.47 Å². The number of benzene rings is 2. The first-order valence-electron chi connectivity index (χ1n) is 11.9. The zero-order valence-corrected chi connectivity index (χ0v) is 22.8. The highest BCUT2D eigenvalue weighted by Gasteiger charge is 2.20. The highest BCUT2D eigenvalue weighted by molar-refractivity contribution is 7.84. The Bertz CT molecular complexity index is 1530. The number of halogens is 1. The predicted molar refractivity (Wildman–Crippen MR) is 145 cm³/mol. The van der Waals surface area contributed by atoms with Crippen molar-refractivity contribution in [2.75, 3.05) is 12.9 Å². The summed E-state index contributed by atoms with van der Waals surface area (Å²) < 4.78 is 38.9. The average molecular weight is 527 g/mol. The Morgan fingerprint density at radius 3 is 2.32 bits per heavy atom. The zero-order valence-electron chi connectivity index (χ0n) is 22.0. The Labute approximate surface area is 217 Å². The number of carbonyl (C=O) groups is 1. The number of aryl methyl sites for hydroxylation is 3. The van der Waals surface area contributed by atoms with Gasteiger partial charge in [0.05, 0.1) is 6.61 Å². The molecule has 0 amide bonds. The number of aromatic amines is 1. The quantitative estimate of drug-likeness (QED) is 0.310. The Morgan fingerprint density at radius 2 is 1.73 bits per heavy atom. The molecule has 1 unspecified atom stereocenters. The number of nitrogens with zero attached hydrogens (tertiary/aromatic N) is 1. The van der Waals surface area contributed by atoms with Crippen LogP contribution >= 0.6 is 0 Å². The van der Waals surface area contributed by atoms with Gasteiger partial charge in [-0.25, -0.2) is 9.18 Å². The molecule has 37 heavy (non-hydrogen) atoms. The fourth-order valence-electron chi connectivity index (χ4n) is 4.02. The fourth-order valence-corrected chi connectivity index (χ4v) is 4.57. The predicted octanol–water partition coefficient (Wildman–Crippen LogP) is 6.02. The van der Waals surface area contributed by atoms with E-state index < -0.39 is 16.8 Å². The Kier molecular flexibility index (Phi) is 8.70. The van der Waals surface area contributed by atoms with Crippen LogP contribution in [0.3, 0.4) is 0 Å². The Hall–Kier alpha value is -3.72. The standard InChI is InChI=1S/C26H25FN2O5S.C2H6/c1-6-33-26(31)21-12-19-20(13-29(4)25(30)23(19)28-21)18-11-17(35(5)32)7-8-22(18)34-24-14(2)9-16(27)10-15(24)3;1-2/h7-13,28H,6H2,1-5H3;1-2H3. The van der Waals surface area contributed by atoms with Crippen molar-refractivity contribution < 1.29 is 22.9 Å². The highest BCUT2D eigenvalue weighted by Crippen LogP contribution is 2.39. The number of fused-ring (bicyclic) bond motifs is 1. The molecule has 1 N–H and O–H groups in total. The second-order valence-corrected chi connectivity index (χ2v) is 9.61. The van der Waals surface area contributed by atoms with E-state index in [1.165, 1.54) is 16.7 Å². The van der Waals surface area contributed by atoms with Crippen molar-refractivity contribution in [3.63, 3.8) is 0 Å². The third kappa shape index (κ3) is 5.67. The maximum Gasteiger partial charge on any atom is 0.354 e. The molecule has 0 aliphatic rings. The molecule has 9 heteroatoms. The van der Waals surface area contributed by atoms with Gasteiger partial charge in [-0.05, 0) is 68.3 Å². The summed E-state index contributed by atoms with van der Waals surface area (Å²) in [6, 6.07) is 9.47. The molecule has 0 radical (unpaired) electrons. The number of hydrogen-bond acceptors (Lipinski definition) is 5. The maximum atomic E-state index is 13.8. The van der Waals surface area contributed by atoms with Crippen molar-refractivity contribution >= 4 is 27.7 Å². The van der Waals surface area contributed by atoms with Gasteiger partial charge in [0.1, 0.15) is 28.5 Å². The first-order valence-corrected chi connectivity index (χ1v) is 13.5. The van der Waals surface area contributed by atoms with Gasteiger partial charge in [0.15, 0.2) is 0 Å². The number of carbonyl (C=O) groups excluding carboxylic acids is 1. The van der Waals surface area contributed by atoms with E-state index in [1.807, 2.05) is 13.8 Å². The van der Waals surface area contributed by atoms with Gasteiger partial charge >= 0.3 is 5.97 Å². The van der Waals surface area contributed by atoms with Crippen LogP contribution in [-0.4, -0.2) is 32.6 Å². The summed E-state index contributed by atoms with van der Waals surface area (Å²) in [5.74, 6) is -0.00625. The first kappa shape index (κ1) is 27.9. The van der Waals surface area contributed by atoms with Crippen LogP contribution in [0.15, 0.2) is 52.3 Å². The second-order valence-electron chi connectivity index (χ2n) is 8.23. The summed E-state index contributed by atoms with van der Waals surface area (Å²) in [6.07, 6.45) is 3.21. The summed E-state index contributed by atoms with van der Waals surface area (Å²) in [7, 11) is 0.320. The molecule has 0 bridgehead atoms. The van der Waals surface area contributed by atoms with E-state index in [2.05, 4.69) is 4.98 Å². The summed E-state index contributed by atoms with van der Waals surface area (Å²) >= 11 is 0. The lowest BCUT2D eigenvalue weighted by Gasteiger charge is -2.17. The van der Waals surface area contributed by atoms with E-state index >= 15 is 0 Å². The van der Waals surface area contributed by atoms with Gasteiger partial charge in [0.25, 0.3) is 5.56 Å². The first-order chi connectivity index (χ1) is 17.6. The lowest BCUT2D eigenvalue weighted by Crippen LogP contribution is -2.17. The Balaban J connectivity index is 0.00000186. The van der Waals surface area contributed by atoms with Crippen LogP contribution in [0.1, 0.15) is 42.4 Å². The van der Waals surface area contributed by atoms with E-state index in [-0.39, 0.29) is 29.2 Å². The molecule has 0 aliphatic heterocycles. The zero-order chi connectivity index (χ0) is 27.4. The van der Waals surface area contributed by atoms with Crippen molar-refractivity contribution in [3.8, 4) is 22.6 Å². The molecule has 4 rings (SSSR count). The van der Waals surface area contributed by atoms with Crippen LogP contribution in [-0.2, 0) is 22.6 Å². The largest absolute Gasteiger partial charge is 0.461 e. The molecule has 2 aromatic carbocycles. The molecule has 0 saturated carbocycles. The van der Waals surface area contributed by atoms with Crippen molar-refractivity contribution in [1.29, 1.82) is 0 Å². The lowest BCUT2D eigenvalue weighted by atomic mass is 10.0. The average Bonchev–Trinajstić information content (AvgIpc) is 3.31. The van der Waals surface area contributed by atoms with Crippen molar-refractivity contribution in [2.24, 2.45) is 7.05 Å². The maximum absolute atomic E-state index is 13.8. The molecule has 196 valence electrons. The topological polar surface area (TPSA) is 90.4 Å². The highest BCUT2D eigenvalue weighted by atomic mass is 32.2. The van der Waals surface area contributed by atoms with Gasteiger partial charge in [-0.1, -0.05) is 13.8 Å². The van der Waals surface area contributed by atoms with Crippen molar-refractivity contribution in [1.82, 2.24) is 9.55 Å². The third-order valence-corrected chi connectivity index (χ3v) is 6.59. The number of pyridine rings is 1. The van der Waals surface area contributed by atoms with E-state index in [0.717, 1.165) is 0 Å². The van der Waals surface area contributed by atoms with Gasteiger partial charge in [0, 0.05) is 51.7 Å². The van der Waals surface area contributed by atoms with Crippen LogP contribution in [0.25, 0.3) is 22.0 Å². The van der Waals surface area contributed by atoms with Gasteiger partial charge in [-0.2, -0.15) is 0 Å². The third-order valence-electron chi connectivity index (χ3n) is 5.67. The lowest BCUT2D eigenvalue weighted by molar-refractivity contribution is 0.0520. The van der Waals surface area contributed by atoms with Gasteiger partial charge in [-0.3, -0.25) is 9.00 Å². The number of esters is 1. The molecule has 2 heterocycles. The van der Waals surface area contributed by atoms with E-state index in [1.54, 1.807) is 64.5 Å². The molecule has 4 aromatic rings. The SMILES string of the molecule is CC.CCOC(=O)c1cc2c(-c3cc(S(C)=O)ccc3Oc3c(C)cc(F)cc3C)cn(C)c(=O)c2[nH]1. The van der Waals surface area contributed by atoms with Gasteiger partial charge in [0.2, 0.25) is 0 Å². The molecule has 0 aliphatic carbocycles. The van der Waals surface area contributed by atoms with Crippen LogP contribution in [0.2, 0.25) is 0 Å². The summed E-state index contributed by atoms with van der Waals surface area (Å²) in [6.45, 7) is 9.40. The summed E-state index contributed by atoms with van der Waals surface area (Å²) in [5.41, 5.74) is 2.46.